The molecule has 0 aromatic heterocycles. The SMILES string of the molecule is COC(=O)CCCNC(=O)c1ccc(F)cc1. The van der Waals surface area contributed by atoms with Gasteiger partial charge in [-0.1, -0.05) is 0 Å². The van der Waals surface area contributed by atoms with E-state index in [1.165, 1.54) is 31.4 Å². The van der Waals surface area contributed by atoms with Crippen molar-refractivity contribution >= 4 is 11.9 Å². The number of hydrogen-bond donors (Lipinski definition) is 1. The highest BCUT2D eigenvalue weighted by Crippen LogP contribution is 2.02. The zero-order valence-electron chi connectivity index (χ0n) is 9.53. The van der Waals surface area contributed by atoms with Crippen molar-refractivity contribution in [1.29, 1.82) is 0 Å². The average molecular weight is 239 g/mol. The maximum atomic E-state index is 12.6. The number of hydrogen-bond acceptors (Lipinski definition) is 3. The van der Waals surface area contributed by atoms with E-state index in [-0.39, 0.29) is 24.1 Å². The van der Waals surface area contributed by atoms with Crippen molar-refractivity contribution in [2.45, 2.75) is 12.8 Å². The van der Waals surface area contributed by atoms with Crippen LogP contribution in [0.25, 0.3) is 0 Å². The van der Waals surface area contributed by atoms with E-state index in [4.69, 9.17) is 0 Å². The Morgan fingerprint density at radius 3 is 2.53 bits per heavy atom. The van der Waals surface area contributed by atoms with Gasteiger partial charge in [0.1, 0.15) is 5.82 Å². The predicted molar refractivity (Wildman–Crippen MR) is 60.0 cm³/mol. The Bertz CT molecular complexity index is 389. The normalized spacial score (nSPS) is 9.76. The molecule has 1 amide bonds. The summed E-state index contributed by atoms with van der Waals surface area (Å²) in [7, 11) is 1.32. The van der Waals surface area contributed by atoms with Crippen molar-refractivity contribution in [3.63, 3.8) is 0 Å². The van der Waals surface area contributed by atoms with Gasteiger partial charge in [0.05, 0.1) is 7.11 Å². The standard InChI is InChI=1S/C12H14FNO3/c1-17-11(15)3-2-8-14-12(16)9-4-6-10(13)7-5-9/h4-7H,2-3,8H2,1H3,(H,14,16). The zero-order chi connectivity index (χ0) is 12.7. The predicted octanol–water partition coefficient (Wildman–Crippen LogP) is 1.51. The summed E-state index contributed by atoms with van der Waals surface area (Å²) >= 11 is 0. The van der Waals surface area contributed by atoms with Crippen molar-refractivity contribution in [3.05, 3.63) is 35.6 Å². The highest BCUT2D eigenvalue weighted by Gasteiger charge is 2.05. The number of amides is 1. The minimum absolute atomic E-state index is 0.264. The summed E-state index contributed by atoms with van der Waals surface area (Å²) in [5.74, 6) is -0.969. The second kappa shape index (κ2) is 6.62. The second-order valence-electron chi connectivity index (χ2n) is 3.44. The molecule has 0 unspecified atom stereocenters. The van der Waals surface area contributed by atoms with Crippen LogP contribution in [0.15, 0.2) is 24.3 Å². The maximum Gasteiger partial charge on any atom is 0.305 e. The summed E-state index contributed by atoms with van der Waals surface area (Å²) in [6.07, 6.45) is 0.778. The van der Waals surface area contributed by atoms with Gasteiger partial charge in [-0.25, -0.2) is 4.39 Å². The summed E-state index contributed by atoms with van der Waals surface area (Å²) in [5.41, 5.74) is 0.393. The lowest BCUT2D eigenvalue weighted by Crippen LogP contribution is -2.24. The molecule has 17 heavy (non-hydrogen) atoms. The molecule has 0 bridgehead atoms. The molecule has 5 heteroatoms. The Kier molecular flexibility index (Phi) is 5.13. The molecule has 92 valence electrons. The minimum Gasteiger partial charge on any atom is -0.469 e. The lowest BCUT2D eigenvalue weighted by molar-refractivity contribution is -0.140. The number of ether oxygens (including phenoxy) is 1. The Morgan fingerprint density at radius 1 is 1.29 bits per heavy atom. The number of esters is 1. The monoisotopic (exact) mass is 239 g/mol. The third kappa shape index (κ3) is 4.63. The molecule has 1 rings (SSSR count). The number of carbonyl (C=O) groups is 2. The fourth-order valence-corrected chi connectivity index (χ4v) is 1.24. The largest absolute Gasteiger partial charge is 0.469 e. The molecule has 4 nitrogen and oxygen atoms in total. The summed E-state index contributed by atoms with van der Waals surface area (Å²) in [6, 6.07) is 5.27. The highest BCUT2D eigenvalue weighted by molar-refractivity contribution is 5.94. The molecule has 0 radical (unpaired) electrons. The van der Waals surface area contributed by atoms with Crippen molar-refractivity contribution in [1.82, 2.24) is 5.32 Å². The molecule has 1 aromatic rings. The van der Waals surface area contributed by atoms with E-state index in [9.17, 15) is 14.0 Å². The van der Waals surface area contributed by atoms with Crippen LogP contribution in [0.4, 0.5) is 4.39 Å². The van der Waals surface area contributed by atoms with Crippen molar-refractivity contribution in [2.24, 2.45) is 0 Å². The second-order valence-corrected chi connectivity index (χ2v) is 3.44. The molecule has 0 aliphatic heterocycles. The van der Waals surface area contributed by atoms with Gasteiger partial charge in [-0.3, -0.25) is 9.59 Å². The third-order valence-corrected chi connectivity index (χ3v) is 2.18. The molecule has 0 aliphatic carbocycles. The van der Waals surface area contributed by atoms with Gasteiger partial charge in [-0.05, 0) is 30.7 Å². The summed E-state index contributed by atoms with van der Waals surface area (Å²) in [6.45, 7) is 0.380. The number of halogens is 1. The summed E-state index contributed by atoms with van der Waals surface area (Å²) in [5, 5.41) is 2.63. The molecule has 0 spiro atoms. The molecule has 1 N–H and O–H groups in total. The van der Waals surface area contributed by atoms with Crippen LogP contribution in [-0.4, -0.2) is 25.5 Å². The molecule has 0 saturated heterocycles. The first kappa shape index (κ1) is 13.2. The number of carbonyl (C=O) groups excluding carboxylic acids is 2. The minimum atomic E-state index is -0.382. The molecule has 1 aromatic carbocycles. The molecule has 0 atom stereocenters. The third-order valence-electron chi connectivity index (χ3n) is 2.18. The van der Waals surface area contributed by atoms with Crippen LogP contribution in [0.1, 0.15) is 23.2 Å². The molecule has 0 aliphatic rings. The first-order valence-corrected chi connectivity index (χ1v) is 5.24. The van der Waals surface area contributed by atoms with Gasteiger partial charge in [0, 0.05) is 18.5 Å². The van der Waals surface area contributed by atoms with Gasteiger partial charge in [0.25, 0.3) is 5.91 Å². The van der Waals surface area contributed by atoms with Crippen LogP contribution in [0.3, 0.4) is 0 Å². The number of methoxy groups -OCH3 is 1. The van der Waals surface area contributed by atoms with E-state index >= 15 is 0 Å². The molecule has 0 heterocycles. The lowest BCUT2D eigenvalue weighted by Gasteiger charge is -2.04. The number of rotatable bonds is 5. The maximum absolute atomic E-state index is 12.6. The van der Waals surface area contributed by atoms with Crippen LogP contribution in [0.5, 0.6) is 0 Å². The van der Waals surface area contributed by atoms with Crippen molar-refractivity contribution in [2.75, 3.05) is 13.7 Å². The quantitative estimate of drug-likeness (QED) is 0.626. The van der Waals surface area contributed by atoms with E-state index in [0.29, 0.717) is 18.5 Å². The highest BCUT2D eigenvalue weighted by atomic mass is 19.1. The molecular formula is C12H14FNO3. The van der Waals surface area contributed by atoms with E-state index in [0.717, 1.165) is 0 Å². The number of benzene rings is 1. The zero-order valence-corrected chi connectivity index (χ0v) is 9.53. The summed E-state index contributed by atoms with van der Waals surface area (Å²) < 4.78 is 17.1. The fourth-order valence-electron chi connectivity index (χ4n) is 1.24. The topological polar surface area (TPSA) is 55.4 Å². The fraction of sp³-hybridized carbons (Fsp3) is 0.333. The molecule has 0 saturated carbocycles. The first-order valence-electron chi connectivity index (χ1n) is 5.24. The van der Waals surface area contributed by atoms with Gasteiger partial charge in [-0.15, -0.1) is 0 Å². The smallest absolute Gasteiger partial charge is 0.305 e. The van der Waals surface area contributed by atoms with Crippen LogP contribution < -0.4 is 5.32 Å². The Balaban J connectivity index is 2.30. The summed E-state index contributed by atoms with van der Waals surface area (Å²) in [4.78, 5) is 22.3. The Labute approximate surface area is 98.8 Å². The Hall–Kier alpha value is -1.91. The molecular weight excluding hydrogens is 225 g/mol. The first-order chi connectivity index (χ1) is 8.13. The Morgan fingerprint density at radius 2 is 1.94 bits per heavy atom. The van der Waals surface area contributed by atoms with E-state index < -0.39 is 0 Å². The van der Waals surface area contributed by atoms with Gasteiger partial charge in [0.15, 0.2) is 0 Å². The van der Waals surface area contributed by atoms with Crippen molar-refractivity contribution < 1.29 is 18.7 Å². The van der Waals surface area contributed by atoms with Gasteiger partial charge in [-0.2, -0.15) is 0 Å². The number of nitrogens with one attached hydrogen (secondary N) is 1. The van der Waals surface area contributed by atoms with E-state index in [1.54, 1.807) is 0 Å². The van der Waals surface area contributed by atoms with Crippen LogP contribution >= 0.6 is 0 Å². The van der Waals surface area contributed by atoms with Gasteiger partial charge < -0.3 is 10.1 Å². The van der Waals surface area contributed by atoms with Crippen LogP contribution in [-0.2, 0) is 9.53 Å². The van der Waals surface area contributed by atoms with Crippen molar-refractivity contribution in [3.8, 4) is 0 Å². The van der Waals surface area contributed by atoms with E-state index in [1.807, 2.05) is 0 Å². The van der Waals surface area contributed by atoms with Gasteiger partial charge in [0.2, 0.25) is 0 Å². The van der Waals surface area contributed by atoms with Crippen LogP contribution in [0, 0.1) is 5.82 Å². The average Bonchev–Trinajstić information content (AvgIpc) is 2.34. The lowest BCUT2D eigenvalue weighted by atomic mass is 10.2. The van der Waals surface area contributed by atoms with E-state index in [2.05, 4.69) is 10.1 Å². The van der Waals surface area contributed by atoms with Gasteiger partial charge >= 0.3 is 5.97 Å². The van der Waals surface area contributed by atoms with Crippen LogP contribution in [0.2, 0.25) is 0 Å². The molecule has 0 fully saturated rings.